The third-order valence-corrected chi connectivity index (χ3v) is 13.0. The van der Waals surface area contributed by atoms with E-state index in [2.05, 4.69) is 46.1 Å². The van der Waals surface area contributed by atoms with E-state index in [0.29, 0.717) is 37.4 Å². The summed E-state index contributed by atoms with van der Waals surface area (Å²) in [6, 6.07) is 12.4. The molecule has 3 atom stereocenters. The Balaban J connectivity index is 1.83. The maximum atomic E-state index is 14.7. The van der Waals surface area contributed by atoms with Gasteiger partial charge in [0.1, 0.15) is 24.4 Å². The largest absolute Gasteiger partial charge is 0.461 e. The first-order chi connectivity index (χ1) is 38.2. The van der Waals surface area contributed by atoms with Gasteiger partial charge in [0, 0.05) is 17.5 Å². The number of rotatable bonds is 43. The lowest BCUT2D eigenvalue weighted by atomic mass is 9.85. The average Bonchev–Trinajstić information content (AvgIpc) is 3.49. The van der Waals surface area contributed by atoms with E-state index in [4.69, 9.17) is 56.8 Å². The van der Waals surface area contributed by atoms with Crippen LogP contribution in [0.2, 0.25) is 0 Å². The van der Waals surface area contributed by atoms with Crippen LogP contribution >= 0.6 is 0 Å². The van der Waals surface area contributed by atoms with Gasteiger partial charge in [0.05, 0.1) is 146 Å². The highest BCUT2D eigenvalue weighted by Crippen LogP contribution is 2.33. The van der Waals surface area contributed by atoms with E-state index in [-0.39, 0.29) is 148 Å². The first kappa shape index (κ1) is 67.5. The van der Waals surface area contributed by atoms with E-state index in [1.54, 1.807) is 73.7 Å². The van der Waals surface area contributed by atoms with Crippen molar-refractivity contribution in [1.29, 1.82) is 0 Å². The summed E-state index contributed by atoms with van der Waals surface area (Å²) in [7, 11) is 0. The quantitative estimate of drug-likeness (QED) is 0.0265. The van der Waals surface area contributed by atoms with Gasteiger partial charge in [-0.15, -0.1) is 46.1 Å². The summed E-state index contributed by atoms with van der Waals surface area (Å²) in [5.74, 6) is -1.89. The van der Waals surface area contributed by atoms with Gasteiger partial charge in [0.2, 0.25) is 0 Å². The Morgan fingerprint density at radius 3 is 1.38 bits per heavy atom. The summed E-state index contributed by atoms with van der Waals surface area (Å²) >= 11 is 0. The molecule has 434 valence electrons. The molecule has 0 spiro atoms. The van der Waals surface area contributed by atoms with Gasteiger partial charge in [-0.2, -0.15) is 0 Å². The Morgan fingerprint density at radius 2 is 0.937 bits per heavy atom. The minimum atomic E-state index is -1.37. The van der Waals surface area contributed by atoms with Crippen LogP contribution in [0.3, 0.4) is 0 Å². The molecule has 0 saturated carbocycles. The number of benzene rings is 2. The lowest BCUT2D eigenvalue weighted by Crippen LogP contribution is -2.49. The van der Waals surface area contributed by atoms with Gasteiger partial charge in [0.25, 0.3) is 0 Å². The molecule has 3 unspecified atom stereocenters. The average molecular weight is 1100 g/mol. The zero-order valence-electron chi connectivity index (χ0n) is 47.1. The summed E-state index contributed by atoms with van der Waals surface area (Å²) in [4.78, 5) is 56.3. The van der Waals surface area contributed by atoms with Crippen molar-refractivity contribution >= 4 is 23.5 Å². The predicted octanol–water partition coefficient (Wildman–Crippen LogP) is 9.77. The molecule has 0 fully saturated rings. The van der Waals surface area contributed by atoms with Crippen molar-refractivity contribution < 1.29 is 76.0 Å². The minimum Gasteiger partial charge on any atom is -0.461 e. The summed E-state index contributed by atoms with van der Waals surface area (Å²) in [5.41, 5.74) is -4.32. The number of carbonyl (C=O) groups excluding carboxylic acids is 4. The van der Waals surface area contributed by atoms with Crippen LogP contribution in [-0.2, 0) is 56.8 Å². The molecule has 0 N–H and O–H groups in total. The number of carbonyl (C=O) groups is 4. The molecule has 3 rings (SSSR count). The standard InChI is InChI=1S/C63H86O16/c1-11-31-68-39-60(40-69-32-12-2,41-70-33-13-3)47-76-57(66)54-28-24-52(25-29-54)56(65)63(19-9)30-20-21-38-75-46-62(50-79-63,45-74-37-17-7)48-77-58(67)53-26-22-51(23-27-53)55(64)59(10,18-8)78-49-61(42-71-34-14-4,43-72-35-15-5)44-73-36-16-6/h11-17,20-29H,1-7,18-19,30-50H2,8-10H3/b21-20+. The van der Waals surface area contributed by atoms with Crippen molar-refractivity contribution in [3.05, 3.63) is 172 Å². The van der Waals surface area contributed by atoms with Gasteiger partial charge in [-0.1, -0.05) is 92.8 Å². The molecule has 2 aromatic rings. The molecule has 2 aromatic carbocycles. The topological polar surface area (TPSA) is 179 Å². The van der Waals surface area contributed by atoms with Crippen molar-refractivity contribution in [3.8, 4) is 0 Å². The van der Waals surface area contributed by atoms with Gasteiger partial charge >= 0.3 is 11.9 Å². The number of esters is 2. The zero-order chi connectivity index (χ0) is 57.9. The smallest absolute Gasteiger partial charge is 0.338 e. The number of ether oxygens (including phenoxy) is 12. The molecule has 0 bridgehead atoms. The fourth-order valence-electron chi connectivity index (χ4n) is 8.19. The maximum Gasteiger partial charge on any atom is 0.338 e. The highest BCUT2D eigenvalue weighted by atomic mass is 16.6. The fraction of sp³-hybridized carbons (Fsp3) is 0.492. The molecule has 0 aliphatic carbocycles. The number of ketones is 2. The fourth-order valence-corrected chi connectivity index (χ4v) is 8.19. The first-order valence-corrected chi connectivity index (χ1v) is 26.6. The number of hydrogen-bond donors (Lipinski definition) is 0. The van der Waals surface area contributed by atoms with E-state index in [1.807, 2.05) is 26.0 Å². The van der Waals surface area contributed by atoms with Crippen molar-refractivity contribution in [1.82, 2.24) is 0 Å². The molecule has 1 aliphatic rings. The molecule has 16 nitrogen and oxygen atoms in total. The summed E-state index contributed by atoms with van der Waals surface area (Å²) in [6.07, 6.45) is 15.9. The van der Waals surface area contributed by atoms with Crippen LogP contribution in [0.15, 0.2) is 149 Å². The molecular formula is C63H86O16. The van der Waals surface area contributed by atoms with Crippen molar-refractivity contribution in [2.24, 2.45) is 16.2 Å². The van der Waals surface area contributed by atoms with Crippen LogP contribution in [0.25, 0.3) is 0 Å². The van der Waals surface area contributed by atoms with Crippen LogP contribution in [0.5, 0.6) is 0 Å². The summed E-state index contributed by atoms with van der Waals surface area (Å²) < 4.78 is 72.2. The summed E-state index contributed by atoms with van der Waals surface area (Å²) in [6.45, 7) is 34.5. The Bertz CT molecular complexity index is 2200. The second-order valence-corrected chi connectivity index (χ2v) is 19.8. The zero-order valence-corrected chi connectivity index (χ0v) is 47.1. The molecule has 1 heterocycles. The van der Waals surface area contributed by atoms with Crippen molar-refractivity contribution in [3.63, 3.8) is 0 Å². The first-order valence-electron chi connectivity index (χ1n) is 26.6. The van der Waals surface area contributed by atoms with Gasteiger partial charge in [-0.3, -0.25) is 9.59 Å². The van der Waals surface area contributed by atoms with E-state index < -0.39 is 39.4 Å². The molecule has 16 heteroatoms. The Morgan fingerprint density at radius 1 is 0.519 bits per heavy atom. The maximum absolute atomic E-state index is 14.7. The molecular weight excluding hydrogens is 1010 g/mol. The van der Waals surface area contributed by atoms with E-state index >= 15 is 0 Å². The third kappa shape index (κ3) is 22.0. The van der Waals surface area contributed by atoms with Gasteiger partial charge in [0.15, 0.2) is 11.6 Å². The molecule has 0 radical (unpaired) electrons. The molecule has 0 aromatic heterocycles. The van der Waals surface area contributed by atoms with Gasteiger partial charge in [-0.05, 0) is 44.0 Å². The second-order valence-electron chi connectivity index (χ2n) is 19.8. The highest BCUT2D eigenvalue weighted by Gasteiger charge is 2.44. The number of hydrogen-bond acceptors (Lipinski definition) is 16. The van der Waals surface area contributed by atoms with Crippen LogP contribution in [0.4, 0.5) is 0 Å². The van der Waals surface area contributed by atoms with Crippen LogP contribution in [-0.4, -0.2) is 167 Å². The van der Waals surface area contributed by atoms with E-state index in [1.165, 1.54) is 24.3 Å². The Kier molecular flexibility index (Phi) is 31.2. The van der Waals surface area contributed by atoms with Crippen molar-refractivity contribution in [2.75, 3.05) is 132 Å². The SMILES string of the molecule is C=CCOCC(COCC=C)(COCC=C)COC(=O)c1ccc(C(=O)C2(CC)C/C=C/COCC(COCC=C)(COC(=O)c3ccc(C(=O)C(C)(CC)OCC(COCC=C)(COCC=C)COCC=C)cc3)CO2)cc1. The van der Waals surface area contributed by atoms with E-state index in [9.17, 15) is 19.2 Å². The van der Waals surface area contributed by atoms with Gasteiger partial charge in [-0.25, -0.2) is 9.59 Å². The molecule has 79 heavy (non-hydrogen) atoms. The highest BCUT2D eigenvalue weighted by molar-refractivity contribution is 6.04. The molecule has 1 aliphatic heterocycles. The normalized spacial score (nSPS) is 18.0. The lowest BCUT2D eigenvalue weighted by molar-refractivity contribution is -0.126. The minimum absolute atomic E-state index is 0.0225. The molecule has 0 saturated heterocycles. The summed E-state index contributed by atoms with van der Waals surface area (Å²) in [5, 5.41) is 0. The van der Waals surface area contributed by atoms with Crippen LogP contribution < -0.4 is 0 Å². The lowest BCUT2D eigenvalue weighted by Gasteiger charge is -2.38. The monoisotopic (exact) mass is 1100 g/mol. The predicted molar refractivity (Wildman–Crippen MR) is 305 cm³/mol. The van der Waals surface area contributed by atoms with Crippen LogP contribution in [0, 0.1) is 16.2 Å². The second kappa shape index (κ2) is 36.5. The van der Waals surface area contributed by atoms with Crippen molar-refractivity contribution in [2.45, 2.75) is 51.2 Å². The Labute approximate surface area is 469 Å². The van der Waals surface area contributed by atoms with E-state index in [0.717, 1.165) is 0 Å². The van der Waals surface area contributed by atoms with Gasteiger partial charge < -0.3 is 56.8 Å². The van der Waals surface area contributed by atoms with Crippen LogP contribution in [0.1, 0.15) is 81.5 Å². The third-order valence-electron chi connectivity index (χ3n) is 13.0. The molecule has 0 amide bonds. The Hall–Kier alpha value is -5.76. The number of Topliss-reactive ketones (excluding diaryl/α,β-unsaturated/α-hetero) is 2.